The Hall–Kier alpha value is -1.98. The van der Waals surface area contributed by atoms with Crippen molar-refractivity contribution in [2.45, 2.75) is 39.7 Å². The maximum Gasteiger partial charge on any atom is 0.149 e. The van der Waals surface area contributed by atoms with E-state index in [0.29, 0.717) is 11.8 Å². The van der Waals surface area contributed by atoms with Crippen LogP contribution in [0.25, 0.3) is 0 Å². The van der Waals surface area contributed by atoms with Crippen molar-refractivity contribution in [3.05, 3.63) is 30.2 Å². The van der Waals surface area contributed by atoms with Gasteiger partial charge in [-0.3, -0.25) is 4.68 Å². The molecule has 2 aromatic rings. The molecule has 1 N–H and O–H groups in total. The summed E-state index contributed by atoms with van der Waals surface area (Å²) >= 11 is 0. The van der Waals surface area contributed by atoms with E-state index >= 15 is 0 Å². The molecular weight excluding hydrogens is 252 g/mol. The van der Waals surface area contributed by atoms with Gasteiger partial charge in [-0.1, -0.05) is 27.7 Å². The third-order valence-corrected chi connectivity index (χ3v) is 3.27. The summed E-state index contributed by atoms with van der Waals surface area (Å²) in [6.07, 6.45) is 3.18. The zero-order valence-corrected chi connectivity index (χ0v) is 12.7. The lowest BCUT2D eigenvalue weighted by Gasteiger charge is -2.22. The highest BCUT2D eigenvalue weighted by molar-refractivity contribution is 5.37. The van der Waals surface area contributed by atoms with Gasteiger partial charge in [0.1, 0.15) is 24.3 Å². The maximum absolute atomic E-state index is 4.34. The summed E-state index contributed by atoms with van der Waals surface area (Å²) in [7, 11) is 1.90. The predicted octanol–water partition coefficient (Wildman–Crippen LogP) is 2.54. The minimum Gasteiger partial charge on any atom is -0.360 e. The molecule has 6 heteroatoms. The fourth-order valence-corrected chi connectivity index (χ4v) is 2.04. The summed E-state index contributed by atoms with van der Waals surface area (Å²) in [4.78, 5) is 12.9. The summed E-state index contributed by atoms with van der Waals surface area (Å²) in [5.41, 5.74) is 1.03. The number of nitrogens with one attached hydrogen (secondary N) is 1. The first kappa shape index (κ1) is 14.4. The zero-order valence-electron chi connectivity index (χ0n) is 12.7. The number of anilines is 1. The van der Waals surface area contributed by atoms with Crippen LogP contribution in [0.1, 0.15) is 51.2 Å². The first-order valence-corrected chi connectivity index (χ1v) is 6.91. The van der Waals surface area contributed by atoms with Crippen molar-refractivity contribution in [1.29, 1.82) is 0 Å². The molecule has 0 radical (unpaired) electrons. The van der Waals surface area contributed by atoms with Crippen LogP contribution in [0.15, 0.2) is 18.7 Å². The molecule has 2 heterocycles. The van der Waals surface area contributed by atoms with Gasteiger partial charge in [-0.25, -0.2) is 15.0 Å². The molecule has 6 nitrogen and oxygen atoms in total. The van der Waals surface area contributed by atoms with Crippen molar-refractivity contribution in [3.8, 4) is 0 Å². The van der Waals surface area contributed by atoms with E-state index in [9.17, 15) is 0 Å². The Bertz CT molecular complexity index is 560. The number of hydrogen-bond donors (Lipinski definition) is 1. The van der Waals surface area contributed by atoms with Crippen LogP contribution in [0.3, 0.4) is 0 Å². The van der Waals surface area contributed by atoms with E-state index in [2.05, 4.69) is 53.1 Å². The lowest BCUT2D eigenvalue weighted by molar-refractivity contribution is 0.496. The molecule has 0 aliphatic heterocycles. The standard InChI is InChI=1S/C14H22N6/c1-9(2)11-6-12(16-7-15-11)19-13(10(3)4)14-17-8-18-20(14)5/h6-10,13H,1-5H3,(H,15,16,19)/t13-/m0/s1. The molecule has 2 rings (SSSR count). The van der Waals surface area contributed by atoms with Gasteiger partial charge in [-0.2, -0.15) is 5.10 Å². The van der Waals surface area contributed by atoms with Crippen molar-refractivity contribution in [2.75, 3.05) is 5.32 Å². The molecule has 0 unspecified atom stereocenters. The van der Waals surface area contributed by atoms with Gasteiger partial charge in [-0.15, -0.1) is 0 Å². The van der Waals surface area contributed by atoms with Crippen LogP contribution < -0.4 is 5.32 Å². The van der Waals surface area contributed by atoms with Crippen LogP contribution in [0.5, 0.6) is 0 Å². The lowest BCUT2D eigenvalue weighted by atomic mass is 10.0. The molecule has 2 aromatic heterocycles. The van der Waals surface area contributed by atoms with Gasteiger partial charge in [0.25, 0.3) is 0 Å². The first-order chi connectivity index (χ1) is 9.49. The fraction of sp³-hybridized carbons (Fsp3) is 0.571. The molecule has 20 heavy (non-hydrogen) atoms. The number of aromatic nitrogens is 5. The van der Waals surface area contributed by atoms with Crippen molar-refractivity contribution < 1.29 is 0 Å². The minimum absolute atomic E-state index is 0.0670. The number of hydrogen-bond acceptors (Lipinski definition) is 5. The molecule has 0 aliphatic carbocycles. The van der Waals surface area contributed by atoms with Crippen molar-refractivity contribution in [3.63, 3.8) is 0 Å². The zero-order chi connectivity index (χ0) is 14.7. The predicted molar refractivity (Wildman–Crippen MR) is 78.3 cm³/mol. The molecule has 0 aliphatic rings. The summed E-state index contributed by atoms with van der Waals surface area (Å²) < 4.78 is 1.79. The molecule has 0 spiro atoms. The van der Waals surface area contributed by atoms with E-state index in [1.807, 2.05) is 13.1 Å². The summed E-state index contributed by atoms with van der Waals surface area (Å²) in [5, 5.41) is 7.58. The topological polar surface area (TPSA) is 68.5 Å². The number of aryl methyl sites for hydroxylation is 1. The van der Waals surface area contributed by atoms with Crippen LogP contribution >= 0.6 is 0 Å². The van der Waals surface area contributed by atoms with E-state index in [-0.39, 0.29) is 6.04 Å². The molecule has 0 aromatic carbocycles. The second-order valence-electron chi connectivity index (χ2n) is 5.59. The van der Waals surface area contributed by atoms with Crippen LogP contribution in [0.2, 0.25) is 0 Å². The second kappa shape index (κ2) is 5.98. The molecule has 0 saturated carbocycles. The van der Waals surface area contributed by atoms with Gasteiger partial charge in [-0.05, 0) is 11.8 Å². The van der Waals surface area contributed by atoms with E-state index in [1.54, 1.807) is 17.3 Å². The quantitative estimate of drug-likeness (QED) is 0.907. The maximum atomic E-state index is 4.34. The molecule has 108 valence electrons. The van der Waals surface area contributed by atoms with Crippen LogP contribution in [-0.4, -0.2) is 24.7 Å². The van der Waals surface area contributed by atoms with Crippen molar-refractivity contribution in [2.24, 2.45) is 13.0 Å². The third-order valence-electron chi connectivity index (χ3n) is 3.27. The number of nitrogens with zero attached hydrogens (tertiary/aromatic N) is 5. The highest BCUT2D eigenvalue weighted by Crippen LogP contribution is 2.24. The molecule has 1 atom stereocenters. The minimum atomic E-state index is 0.0670. The van der Waals surface area contributed by atoms with Crippen molar-refractivity contribution >= 4 is 5.82 Å². The van der Waals surface area contributed by atoms with Crippen LogP contribution in [-0.2, 0) is 7.05 Å². The van der Waals surface area contributed by atoms with Gasteiger partial charge in [0.15, 0.2) is 0 Å². The average Bonchev–Trinajstić information content (AvgIpc) is 2.82. The monoisotopic (exact) mass is 274 g/mol. The van der Waals surface area contributed by atoms with Crippen molar-refractivity contribution in [1.82, 2.24) is 24.7 Å². The third kappa shape index (κ3) is 3.12. The molecule has 0 saturated heterocycles. The fourth-order valence-electron chi connectivity index (χ4n) is 2.04. The average molecular weight is 274 g/mol. The van der Waals surface area contributed by atoms with E-state index in [0.717, 1.165) is 17.3 Å². The Labute approximate surface area is 119 Å². The van der Waals surface area contributed by atoms with Gasteiger partial charge in [0, 0.05) is 18.8 Å². The first-order valence-electron chi connectivity index (χ1n) is 6.91. The normalized spacial score (nSPS) is 12.9. The van der Waals surface area contributed by atoms with Crippen LogP contribution in [0, 0.1) is 5.92 Å². The Balaban J connectivity index is 2.25. The van der Waals surface area contributed by atoms with Crippen LogP contribution in [0.4, 0.5) is 5.82 Å². The molecular formula is C14H22N6. The van der Waals surface area contributed by atoms with E-state index in [4.69, 9.17) is 0 Å². The summed E-state index contributed by atoms with van der Waals surface area (Å²) in [6, 6.07) is 2.06. The van der Waals surface area contributed by atoms with Gasteiger partial charge in [0.2, 0.25) is 0 Å². The SMILES string of the molecule is CC(C)c1cc(N[C@H](c2ncnn2C)C(C)C)ncn1. The Kier molecular flexibility index (Phi) is 4.32. The second-order valence-corrected chi connectivity index (χ2v) is 5.59. The Morgan fingerprint density at radius 1 is 1.05 bits per heavy atom. The van der Waals surface area contributed by atoms with E-state index in [1.165, 1.54) is 0 Å². The Morgan fingerprint density at radius 3 is 2.35 bits per heavy atom. The number of rotatable bonds is 5. The largest absolute Gasteiger partial charge is 0.360 e. The van der Waals surface area contributed by atoms with Gasteiger partial charge < -0.3 is 5.32 Å². The molecule has 0 bridgehead atoms. The Morgan fingerprint density at radius 2 is 1.80 bits per heavy atom. The van der Waals surface area contributed by atoms with Gasteiger partial charge in [0.05, 0.1) is 6.04 Å². The highest BCUT2D eigenvalue weighted by atomic mass is 15.3. The van der Waals surface area contributed by atoms with E-state index < -0.39 is 0 Å². The smallest absolute Gasteiger partial charge is 0.149 e. The highest BCUT2D eigenvalue weighted by Gasteiger charge is 2.21. The lowest BCUT2D eigenvalue weighted by Crippen LogP contribution is -2.21. The summed E-state index contributed by atoms with van der Waals surface area (Å²) in [6.45, 7) is 8.54. The summed E-state index contributed by atoms with van der Waals surface area (Å²) in [5.74, 6) is 2.48. The molecule has 0 amide bonds. The van der Waals surface area contributed by atoms with Gasteiger partial charge >= 0.3 is 0 Å². The molecule has 0 fully saturated rings.